The van der Waals surface area contributed by atoms with Crippen molar-refractivity contribution >= 4 is 17.5 Å². The largest absolute Gasteiger partial charge is 0.508 e. The van der Waals surface area contributed by atoms with Crippen LogP contribution in [0.2, 0.25) is 0 Å². The first-order valence-electron chi connectivity index (χ1n) is 5.26. The molecule has 0 aliphatic heterocycles. The van der Waals surface area contributed by atoms with Crippen LogP contribution in [0, 0.1) is 0 Å². The molecule has 0 radical (unpaired) electrons. The summed E-state index contributed by atoms with van der Waals surface area (Å²) in [5.41, 5.74) is 0.802. The minimum atomic E-state index is -0.0529. The first-order chi connectivity index (χ1) is 7.58. The molecular formula is C12H16ClNO2. The predicted molar refractivity (Wildman–Crippen MR) is 64.8 cm³/mol. The fourth-order valence-electron chi connectivity index (χ4n) is 1.32. The van der Waals surface area contributed by atoms with E-state index in [0.29, 0.717) is 6.54 Å². The Bertz CT molecular complexity index is 353. The van der Waals surface area contributed by atoms with E-state index in [4.69, 9.17) is 11.6 Å². The van der Waals surface area contributed by atoms with Gasteiger partial charge in [0.15, 0.2) is 0 Å². The van der Waals surface area contributed by atoms with Gasteiger partial charge in [0.1, 0.15) is 5.75 Å². The fraction of sp³-hybridized carbons (Fsp3) is 0.417. The molecule has 1 aromatic rings. The summed E-state index contributed by atoms with van der Waals surface area (Å²) in [6.07, 6.45) is 1.04. The molecule has 0 aromatic heterocycles. The van der Waals surface area contributed by atoms with Gasteiger partial charge in [-0.25, -0.2) is 0 Å². The molecule has 1 unspecified atom stereocenters. The highest BCUT2D eigenvalue weighted by molar-refractivity contribution is 6.20. The average molecular weight is 242 g/mol. The molecule has 88 valence electrons. The quantitative estimate of drug-likeness (QED) is 0.776. The number of hydrogen-bond acceptors (Lipinski definition) is 2. The molecule has 1 amide bonds. The Morgan fingerprint density at radius 3 is 2.94 bits per heavy atom. The number of halogens is 1. The van der Waals surface area contributed by atoms with Crippen LogP contribution in [0.5, 0.6) is 5.75 Å². The van der Waals surface area contributed by atoms with E-state index in [1.54, 1.807) is 18.2 Å². The topological polar surface area (TPSA) is 49.3 Å². The molecular weight excluding hydrogens is 226 g/mol. The molecule has 1 atom stereocenters. The van der Waals surface area contributed by atoms with Gasteiger partial charge in [0, 0.05) is 11.9 Å². The number of hydrogen-bond donors (Lipinski definition) is 2. The van der Waals surface area contributed by atoms with E-state index in [-0.39, 0.29) is 23.5 Å². The SMILES string of the molecule is CC(Cl)CCNC(=O)Cc1cccc(O)c1. The third-order valence-electron chi connectivity index (χ3n) is 2.14. The molecule has 0 spiro atoms. The standard InChI is InChI=1S/C12H16ClNO2/c1-9(13)5-6-14-12(16)8-10-3-2-4-11(15)7-10/h2-4,7,9,15H,5-6,8H2,1H3,(H,14,16). The number of rotatable bonds is 5. The summed E-state index contributed by atoms with van der Waals surface area (Å²) in [5.74, 6) is 0.127. The van der Waals surface area contributed by atoms with Gasteiger partial charge < -0.3 is 10.4 Å². The van der Waals surface area contributed by atoms with Crippen molar-refractivity contribution in [3.63, 3.8) is 0 Å². The van der Waals surface area contributed by atoms with E-state index < -0.39 is 0 Å². The molecule has 0 bridgehead atoms. The summed E-state index contributed by atoms with van der Waals surface area (Å²) in [4.78, 5) is 11.5. The van der Waals surface area contributed by atoms with Crippen LogP contribution in [0.4, 0.5) is 0 Å². The van der Waals surface area contributed by atoms with Crippen LogP contribution in [0.1, 0.15) is 18.9 Å². The van der Waals surface area contributed by atoms with E-state index in [1.165, 1.54) is 0 Å². The molecule has 4 heteroatoms. The maximum absolute atomic E-state index is 11.5. The van der Waals surface area contributed by atoms with Gasteiger partial charge in [-0.1, -0.05) is 12.1 Å². The van der Waals surface area contributed by atoms with Crippen molar-refractivity contribution < 1.29 is 9.90 Å². The Kier molecular flexibility index (Phi) is 5.12. The van der Waals surface area contributed by atoms with Gasteiger partial charge in [0.05, 0.1) is 6.42 Å². The van der Waals surface area contributed by atoms with Crippen LogP contribution in [-0.2, 0) is 11.2 Å². The molecule has 0 fully saturated rings. The van der Waals surface area contributed by atoms with Crippen LogP contribution in [0.3, 0.4) is 0 Å². The van der Waals surface area contributed by atoms with Crippen LogP contribution in [0.15, 0.2) is 24.3 Å². The molecule has 2 N–H and O–H groups in total. The molecule has 0 saturated heterocycles. The average Bonchev–Trinajstić information content (AvgIpc) is 2.16. The molecule has 1 rings (SSSR count). The third-order valence-corrected chi connectivity index (χ3v) is 2.36. The highest BCUT2D eigenvalue weighted by Crippen LogP contribution is 2.11. The van der Waals surface area contributed by atoms with E-state index in [0.717, 1.165) is 12.0 Å². The Morgan fingerprint density at radius 1 is 1.56 bits per heavy atom. The van der Waals surface area contributed by atoms with Crippen molar-refractivity contribution in [1.82, 2.24) is 5.32 Å². The lowest BCUT2D eigenvalue weighted by molar-refractivity contribution is -0.120. The summed E-state index contributed by atoms with van der Waals surface area (Å²) in [6.45, 7) is 2.48. The van der Waals surface area contributed by atoms with E-state index in [1.807, 2.05) is 13.0 Å². The third kappa shape index (κ3) is 5.03. The van der Waals surface area contributed by atoms with Gasteiger partial charge in [-0.2, -0.15) is 0 Å². The number of carbonyl (C=O) groups excluding carboxylic acids is 1. The first-order valence-corrected chi connectivity index (χ1v) is 5.70. The van der Waals surface area contributed by atoms with Gasteiger partial charge in [0.25, 0.3) is 0 Å². The highest BCUT2D eigenvalue weighted by Gasteiger charge is 2.04. The minimum absolute atomic E-state index is 0.0529. The Hall–Kier alpha value is -1.22. The summed E-state index contributed by atoms with van der Waals surface area (Å²) >= 11 is 5.76. The van der Waals surface area contributed by atoms with Gasteiger partial charge in [-0.05, 0) is 31.0 Å². The smallest absolute Gasteiger partial charge is 0.224 e. The highest BCUT2D eigenvalue weighted by atomic mass is 35.5. The maximum atomic E-state index is 11.5. The summed E-state index contributed by atoms with van der Waals surface area (Å²) in [6, 6.07) is 6.70. The lowest BCUT2D eigenvalue weighted by Gasteiger charge is -2.06. The van der Waals surface area contributed by atoms with Crippen LogP contribution in [-0.4, -0.2) is 22.9 Å². The molecule has 3 nitrogen and oxygen atoms in total. The second-order valence-electron chi connectivity index (χ2n) is 3.77. The van der Waals surface area contributed by atoms with Crippen LogP contribution >= 0.6 is 11.6 Å². The van der Waals surface area contributed by atoms with Crippen molar-refractivity contribution in [2.45, 2.75) is 25.1 Å². The zero-order valence-electron chi connectivity index (χ0n) is 9.24. The molecule has 0 heterocycles. The Morgan fingerprint density at radius 2 is 2.31 bits per heavy atom. The van der Waals surface area contributed by atoms with Crippen LogP contribution < -0.4 is 5.32 Å². The lowest BCUT2D eigenvalue weighted by atomic mass is 10.1. The van der Waals surface area contributed by atoms with E-state index in [2.05, 4.69) is 5.32 Å². The fourth-order valence-corrected chi connectivity index (χ4v) is 1.43. The Labute approximate surface area is 100 Å². The molecule has 16 heavy (non-hydrogen) atoms. The minimum Gasteiger partial charge on any atom is -0.508 e. The lowest BCUT2D eigenvalue weighted by Crippen LogP contribution is -2.27. The van der Waals surface area contributed by atoms with E-state index >= 15 is 0 Å². The number of amides is 1. The normalized spacial score (nSPS) is 12.1. The van der Waals surface area contributed by atoms with Gasteiger partial charge in [0.2, 0.25) is 5.91 Å². The summed E-state index contributed by atoms with van der Waals surface area (Å²) in [7, 11) is 0. The Balaban J connectivity index is 2.34. The van der Waals surface area contributed by atoms with Crippen molar-refractivity contribution in [2.24, 2.45) is 0 Å². The summed E-state index contributed by atoms with van der Waals surface area (Å²) in [5, 5.41) is 12.1. The molecule has 0 aliphatic rings. The number of phenols is 1. The molecule has 0 saturated carbocycles. The number of nitrogens with one attached hydrogen (secondary N) is 1. The number of carbonyl (C=O) groups is 1. The summed E-state index contributed by atoms with van der Waals surface area (Å²) < 4.78 is 0. The van der Waals surface area contributed by atoms with Crippen molar-refractivity contribution in [1.29, 1.82) is 0 Å². The monoisotopic (exact) mass is 241 g/mol. The zero-order valence-corrected chi connectivity index (χ0v) is 10.00. The first kappa shape index (κ1) is 12.8. The zero-order chi connectivity index (χ0) is 12.0. The van der Waals surface area contributed by atoms with Crippen molar-refractivity contribution in [3.05, 3.63) is 29.8 Å². The predicted octanol–water partition coefficient (Wildman–Crippen LogP) is 2.07. The van der Waals surface area contributed by atoms with Gasteiger partial charge in [-0.15, -0.1) is 11.6 Å². The number of phenolic OH excluding ortho intramolecular Hbond substituents is 1. The van der Waals surface area contributed by atoms with Crippen molar-refractivity contribution in [2.75, 3.05) is 6.54 Å². The number of benzene rings is 1. The van der Waals surface area contributed by atoms with Gasteiger partial charge >= 0.3 is 0 Å². The molecule has 1 aromatic carbocycles. The maximum Gasteiger partial charge on any atom is 0.224 e. The number of aromatic hydroxyl groups is 1. The van der Waals surface area contributed by atoms with E-state index in [9.17, 15) is 9.90 Å². The van der Waals surface area contributed by atoms with Crippen molar-refractivity contribution in [3.8, 4) is 5.75 Å². The molecule has 0 aliphatic carbocycles. The second kappa shape index (κ2) is 6.38. The second-order valence-corrected chi connectivity index (χ2v) is 4.51. The van der Waals surface area contributed by atoms with Crippen LogP contribution in [0.25, 0.3) is 0 Å². The van der Waals surface area contributed by atoms with Gasteiger partial charge in [-0.3, -0.25) is 4.79 Å². The number of alkyl halides is 1.